The molecule has 94 valence electrons. The van der Waals surface area contributed by atoms with Crippen LogP contribution in [-0.4, -0.2) is 6.04 Å². The van der Waals surface area contributed by atoms with Gasteiger partial charge in [-0.1, -0.05) is 62.0 Å². The number of hydrogen-bond acceptors (Lipinski definition) is 2. The molecule has 2 nitrogen and oxygen atoms in total. The molecular formula is C16H19NO. The highest BCUT2D eigenvalue weighted by Crippen LogP contribution is 2.44. The topological polar surface area (TPSA) is 29.4 Å². The summed E-state index contributed by atoms with van der Waals surface area (Å²) >= 11 is 0. The Morgan fingerprint density at radius 1 is 1.33 bits per heavy atom. The number of nitroso groups, excluding NO2 is 1. The lowest BCUT2D eigenvalue weighted by Crippen LogP contribution is -2.27. The molecule has 0 N–H and O–H groups in total. The molecule has 1 aliphatic carbocycles. The van der Waals surface area contributed by atoms with Crippen LogP contribution in [0.5, 0.6) is 0 Å². The van der Waals surface area contributed by atoms with Gasteiger partial charge in [-0.05, 0) is 35.0 Å². The van der Waals surface area contributed by atoms with Crippen molar-refractivity contribution in [2.75, 3.05) is 0 Å². The summed E-state index contributed by atoms with van der Waals surface area (Å²) in [6.07, 6.45) is 3.56. The summed E-state index contributed by atoms with van der Waals surface area (Å²) < 4.78 is 0. The van der Waals surface area contributed by atoms with Crippen molar-refractivity contribution in [3.8, 4) is 0 Å². The number of nitrogens with zero attached hydrogens (tertiary/aromatic N) is 1. The van der Waals surface area contributed by atoms with Gasteiger partial charge in [0.1, 0.15) is 6.04 Å². The quantitative estimate of drug-likeness (QED) is 0.712. The molecule has 0 spiro atoms. The van der Waals surface area contributed by atoms with E-state index in [0.717, 1.165) is 18.4 Å². The van der Waals surface area contributed by atoms with Gasteiger partial charge >= 0.3 is 0 Å². The summed E-state index contributed by atoms with van der Waals surface area (Å²) in [7, 11) is 0. The Morgan fingerprint density at radius 3 is 2.56 bits per heavy atom. The Bertz CT molecular complexity index is 485. The number of benzene rings is 1. The van der Waals surface area contributed by atoms with Gasteiger partial charge in [-0.2, -0.15) is 4.91 Å². The van der Waals surface area contributed by atoms with Crippen LogP contribution < -0.4 is 0 Å². The smallest absolute Gasteiger partial charge is 0.118 e. The van der Waals surface area contributed by atoms with Gasteiger partial charge < -0.3 is 0 Å². The molecule has 0 saturated carbocycles. The molecule has 1 atom stereocenters. The summed E-state index contributed by atoms with van der Waals surface area (Å²) in [5.41, 5.74) is 3.49. The molecule has 0 aliphatic heterocycles. The minimum Gasteiger partial charge on any atom is -0.150 e. The lowest BCUT2D eigenvalue weighted by Gasteiger charge is -2.35. The van der Waals surface area contributed by atoms with E-state index in [-0.39, 0.29) is 11.5 Å². The summed E-state index contributed by atoms with van der Waals surface area (Å²) in [5.74, 6) is 0. The van der Waals surface area contributed by atoms with Crippen molar-refractivity contribution in [3.05, 3.63) is 59.0 Å². The Morgan fingerprint density at radius 2 is 2.00 bits per heavy atom. The first-order chi connectivity index (χ1) is 8.57. The Hall–Kier alpha value is -1.70. The SMILES string of the molecule is C=CC1=C(c2ccccc2)CC(C)(C)CC1N=O. The van der Waals surface area contributed by atoms with Crippen molar-refractivity contribution < 1.29 is 0 Å². The molecule has 0 radical (unpaired) electrons. The Kier molecular flexibility index (Phi) is 3.46. The second kappa shape index (κ2) is 4.89. The predicted octanol–water partition coefficient (Wildman–Crippen LogP) is 4.58. The maximum absolute atomic E-state index is 11.1. The molecule has 1 aliphatic rings. The van der Waals surface area contributed by atoms with E-state index in [2.05, 4.69) is 37.7 Å². The van der Waals surface area contributed by atoms with Gasteiger partial charge in [-0.15, -0.1) is 0 Å². The first-order valence-corrected chi connectivity index (χ1v) is 6.31. The normalized spacial score (nSPS) is 22.7. The van der Waals surface area contributed by atoms with Gasteiger partial charge in [0.25, 0.3) is 0 Å². The van der Waals surface area contributed by atoms with Crippen LogP contribution in [0.2, 0.25) is 0 Å². The zero-order chi connectivity index (χ0) is 13.2. The summed E-state index contributed by atoms with van der Waals surface area (Å²) in [6, 6.07) is 9.95. The molecule has 1 aromatic carbocycles. The van der Waals surface area contributed by atoms with E-state index in [4.69, 9.17) is 0 Å². The molecule has 0 heterocycles. The van der Waals surface area contributed by atoms with Crippen LogP contribution in [0.4, 0.5) is 0 Å². The molecule has 0 saturated heterocycles. The number of hydrogen-bond donors (Lipinski definition) is 0. The van der Waals surface area contributed by atoms with Crippen LogP contribution in [0.15, 0.2) is 53.7 Å². The van der Waals surface area contributed by atoms with Crippen LogP contribution in [0.3, 0.4) is 0 Å². The van der Waals surface area contributed by atoms with E-state index in [9.17, 15) is 4.91 Å². The fourth-order valence-corrected chi connectivity index (χ4v) is 2.75. The Labute approximate surface area is 108 Å². The molecule has 0 amide bonds. The maximum atomic E-state index is 11.1. The minimum atomic E-state index is -0.263. The third-order valence-electron chi connectivity index (χ3n) is 3.58. The second-order valence-electron chi connectivity index (χ2n) is 5.67. The molecule has 0 aromatic heterocycles. The van der Waals surface area contributed by atoms with Gasteiger partial charge in [-0.3, -0.25) is 0 Å². The highest BCUT2D eigenvalue weighted by molar-refractivity contribution is 5.73. The zero-order valence-electron chi connectivity index (χ0n) is 11.0. The van der Waals surface area contributed by atoms with Gasteiger partial charge in [-0.25, -0.2) is 0 Å². The maximum Gasteiger partial charge on any atom is 0.118 e. The van der Waals surface area contributed by atoms with Gasteiger partial charge in [0, 0.05) is 0 Å². The first-order valence-electron chi connectivity index (χ1n) is 6.31. The van der Waals surface area contributed by atoms with Crippen molar-refractivity contribution >= 4 is 5.57 Å². The van der Waals surface area contributed by atoms with Crippen LogP contribution in [0.1, 0.15) is 32.3 Å². The van der Waals surface area contributed by atoms with Gasteiger partial charge in [0.2, 0.25) is 0 Å². The van der Waals surface area contributed by atoms with Crippen LogP contribution in [0.25, 0.3) is 5.57 Å². The van der Waals surface area contributed by atoms with Crippen molar-refractivity contribution in [2.45, 2.75) is 32.7 Å². The lowest BCUT2D eigenvalue weighted by atomic mass is 9.70. The lowest BCUT2D eigenvalue weighted by molar-refractivity contribution is 0.314. The Balaban J connectivity index is 2.54. The van der Waals surface area contributed by atoms with Crippen LogP contribution in [-0.2, 0) is 0 Å². The van der Waals surface area contributed by atoms with Crippen LogP contribution in [0, 0.1) is 10.3 Å². The van der Waals surface area contributed by atoms with E-state index in [1.807, 2.05) is 18.2 Å². The third kappa shape index (κ3) is 2.42. The molecule has 0 bridgehead atoms. The van der Waals surface area contributed by atoms with E-state index in [0.29, 0.717) is 0 Å². The van der Waals surface area contributed by atoms with Crippen molar-refractivity contribution in [2.24, 2.45) is 10.6 Å². The standard InChI is InChI=1S/C16H19NO/c1-4-13-14(12-8-6-5-7-9-12)10-16(2,3)11-15(13)17-18/h4-9,15H,1,10-11H2,2-3H3. The predicted molar refractivity (Wildman–Crippen MR) is 76.2 cm³/mol. The number of allylic oxidation sites excluding steroid dienone is 1. The molecule has 2 heteroatoms. The summed E-state index contributed by atoms with van der Waals surface area (Å²) in [5, 5.41) is 3.29. The van der Waals surface area contributed by atoms with E-state index >= 15 is 0 Å². The minimum absolute atomic E-state index is 0.107. The third-order valence-corrected chi connectivity index (χ3v) is 3.58. The van der Waals surface area contributed by atoms with E-state index in [1.54, 1.807) is 6.08 Å². The highest BCUT2D eigenvalue weighted by Gasteiger charge is 2.34. The summed E-state index contributed by atoms with van der Waals surface area (Å²) in [6.45, 7) is 8.23. The van der Waals surface area contributed by atoms with Gasteiger partial charge in [0.05, 0.1) is 0 Å². The second-order valence-corrected chi connectivity index (χ2v) is 5.67. The first kappa shape index (κ1) is 12.7. The highest BCUT2D eigenvalue weighted by atomic mass is 16.3. The average Bonchev–Trinajstić information content (AvgIpc) is 2.38. The zero-order valence-corrected chi connectivity index (χ0v) is 11.0. The number of rotatable bonds is 3. The largest absolute Gasteiger partial charge is 0.150 e. The molecule has 2 rings (SSSR count). The van der Waals surface area contributed by atoms with Crippen molar-refractivity contribution in [1.82, 2.24) is 0 Å². The molecular weight excluding hydrogens is 222 g/mol. The van der Waals surface area contributed by atoms with Crippen LogP contribution >= 0.6 is 0 Å². The fraction of sp³-hybridized carbons (Fsp3) is 0.375. The van der Waals surface area contributed by atoms with E-state index in [1.165, 1.54) is 11.1 Å². The van der Waals surface area contributed by atoms with Gasteiger partial charge in [0.15, 0.2) is 0 Å². The average molecular weight is 241 g/mol. The fourth-order valence-electron chi connectivity index (χ4n) is 2.75. The summed E-state index contributed by atoms with van der Waals surface area (Å²) in [4.78, 5) is 11.1. The monoisotopic (exact) mass is 241 g/mol. The molecule has 18 heavy (non-hydrogen) atoms. The van der Waals surface area contributed by atoms with Crippen molar-refractivity contribution in [1.29, 1.82) is 0 Å². The van der Waals surface area contributed by atoms with E-state index < -0.39 is 0 Å². The molecule has 0 fully saturated rings. The molecule has 1 unspecified atom stereocenters. The van der Waals surface area contributed by atoms with Crippen molar-refractivity contribution in [3.63, 3.8) is 0 Å². The molecule has 1 aromatic rings.